The van der Waals surface area contributed by atoms with Gasteiger partial charge in [-0.15, -0.1) is 0 Å². The summed E-state index contributed by atoms with van der Waals surface area (Å²) in [5.41, 5.74) is 1.21. The van der Waals surface area contributed by atoms with E-state index >= 15 is 0 Å². The normalized spacial score (nSPS) is 35.2. The number of halogens is 1. The minimum Gasteiger partial charge on any atom is -0.351 e. The molecule has 4 fully saturated rings. The lowest BCUT2D eigenvalue weighted by atomic mass is 9.47. The van der Waals surface area contributed by atoms with Gasteiger partial charge in [-0.05, 0) is 75.0 Å². The number of carbonyl (C=O) groups excluding carboxylic acids is 1. The summed E-state index contributed by atoms with van der Waals surface area (Å²) in [7, 11) is 0. The van der Waals surface area contributed by atoms with Gasteiger partial charge in [-0.1, -0.05) is 18.5 Å². The second-order valence-corrected chi connectivity index (χ2v) is 8.95. The second-order valence-electron chi connectivity index (χ2n) is 8.54. The van der Waals surface area contributed by atoms with Crippen LogP contribution in [0.5, 0.6) is 0 Å². The molecule has 1 unspecified atom stereocenters. The maximum atomic E-state index is 12.6. The lowest BCUT2D eigenvalue weighted by molar-refractivity contribution is -0.127. The Balaban J connectivity index is 1.46. The van der Waals surface area contributed by atoms with Crippen molar-refractivity contribution in [2.24, 2.45) is 23.2 Å². The van der Waals surface area contributed by atoms with Crippen molar-refractivity contribution in [1.29, 1.82) is 0 Å². The molecule has 1 N–H and O–H groups in total. The SMILES string of the molecule is CCC(NC(=O)Cn1ncc(Cl)c1C)C12CC3CC(CC(C3)C1)C2. The van der Waals surface area contributed by atoms with Gasteiger partial charge < -0.3 is 5.32 Å². The second kappa shape index (κ2) is 6.05. The molecule has 0 aliphatic heterocycles. The highest BCUT2D eigenvalue weighted by Gasteiger charge is 2.53. The molecule has 5 heteroatoms. The molecule has 1 amide bonds. The van der Waals surface area contributed by atoms with Crippen LogP contribution < -0.4 is 5.32 Å². The molecule has 0 spiro atoms. The number of hydrogen-bond donors (Lipinski definition) is 1. The number of amides is 1. The van der Waals surface area contributed by atoms with E-state index in [9.17, 15) is 4.79 Å². The van der Waals surface area contributed by atoms with Crippen LogP contribution in [-0.4, -0.2) is 21.7 Å². The average Bonchev–Trinajstić information content (AvgIpc) is 2.83. The minimum atomic E-state index is 0.0699. The smallest absolute Gasteiger partial charge is 0.241 e. The van der Waals surface area contributed by atoms with Crippen molar-refractivity contribution < 1.29 is 4.79 Å². The Morgan fingerprint density at radius 1 is 1.33 bits per heavy atom. The molecule has 0 saturated heterocycles. The van der Waals surface area contributed by atoms with Crippen molar-refractivity contribution >= 4 is 17.5 Å². The molecule has 0 radical (unpaired) electrons. The number of carbonyl (C=O) groups is 1. The first-order valence-electron chi connectivity index (χ1n) is 9.46. The lowest BCUT2D eigenvalue weighted by Gasteiger charge is -2.59. The standard InChI is InChI=1S/C19H28ClN3O/c1-3-17(22-18(24)11-23-12(2)16(20)10-21-23)19-7-13-4-14(8-19)6-15(5-13)9-19/h10,13-15,17H,3-9,11H2,1-2H3,(H,22,24). The van der Waals surface area contributed by atoms with E-state index in [-0.39, 0.29) is 12.5 Å². The number of rotatable bonds is 5. The highest BCUT2D eigenvalue weighted by Crippen LogP contribution is 2.61. The van der Waals surface area contributed by atoms with Crippen LogP contribution >= 0.6 is 11.6 Å². The third kappa shape index (κ3) is 2.77. The van der Waals surface area contributed by atoms with Gasteiger partial charge in [-0.3, -0.25) is 9.48 Å². The molecule has 132 valence electrons. The highest BCUT2D eigenvalue weighted by atomic mass is 35.5. The molecular weight excluding hydrogens is 322 g/mol. The van der Waals surface area contributed by atoms with Gasteiger partial charge in [-0.2, -0.15) is 5.10 Å². The van der Waals surface area contributed by atoms with Crippen molar-refractivity contribution in [3.63, 3.8) is 0 Å². The molecule has 4 aliphatic carbocycles. The van der Waals surface area contributed by atoms with Crippen LogP contribution in [0.2, 0.25) is 5.02 Å². The summed E-state index contributed by atoms with van der Waals surface area (Å²) in [5, 5.41) is 8.19. The summed E-state index contributed by atoms with van der Waals surface area (Å²) in [5.74, 6) is 2.80. The Labute approximate surface area is 149 Å². The van der Waals surface area contributed by atoms with Crippen molar-refractivity contribution in [3.05, 3.63) is 16.9 Å². The van der Waals surface area contributed by atoms with Gasteiger partial charge in [0.15, 0.2) is 0 Å². The maximum absolute atomic E-state index is 12.6. The topological polar surface area (TPSA) is 46.9 Å². The predicted octanol–water partition coefficient (Wildman–Crippen LogP) is 3.96. The quantitative estimate of drug-likeness (QED) is 0.874. The van der Waals surface area contributed by atoms with Crippen LogP contribution in [-0.2, 0) is 11.3 Å². The van der Waals surface area contributed by atoms with Crippen LogP contribution in [0, 0.1) is 30.1 Å². The first kappa shape index (κ1) is 16.4. The number of hydrogen-bond acceptors (Lipinski definition) is 2. The monoisotopic (exact) mass is 349 g/mol. The molecule has 4 saturated carbocycles. The van der Waals surface area contributed by atoms with Gasteiger partial charge in [0.1, 0.15) is 6.54 Å². The van der Waals surface area contributed by atoms with Crippen LogP contribution in [0.4, 0.5) is 0 Å². The number of aromatic nitrogens is 2. The van der Waals surface area contributed by atoms with E-state index < -0.39 is 0 Å². The highest BCUT2D eigenvalue weighted by molar-refractivity contribution is 6.31. The molecule has 4 nitrogen and oxygen atoms in total. The van der Waals surface area contributed by atoms with E-state index in [4.69, 9.17) is 11.6 Å². The fourth-order valence-corrected chi connectivity index (χ4v) is 6.39. The van der Waals surface area contributed by atoms with Gasteiger partial charge in [-0.25, -0.2) is 0 Å². The first-order chi connectivity index (χ1) is 11.5. The summed E-state index contributed by atoms with van der Waals surface area (Å²) in [6, 6.07) is 0.310. The van der Waals surface area contributed by atoms with Crippen LogP contribution in [0.3, 0.4) is 0 Å². The largest absolute Gasteiger partial charge is 0.351 e. The van der Waals surface area contributed by atoms with E-state index in [0.29, 0.717) is 16.5 Å². The summed E-state index contributed by atoms with van der Waals surface area (Å²) in [4.78, 5) is 12.6. The summed E-state index contributed by atoms with van der Waals surface area (Å²) in [6.07, 6.45) is 10.9. The van der Waals surface area contributed by atoms with Gasteiger partial charge in [0.25, 0.3) is 0 Å². The molecule has 1 heterocycles. The molecule has 5 rings (SSSR count). The molecule has 1 atom stereocenters. The zero-order chi connectivity index (χ0) is 16.9. The van der Waals surface area contributed by atoms with Crippen LogP contribution in [0.25, 0.3) is 0 Å². The zero-order valence-electron chi connectivity index (χ0n) is 14.7. The molecule has 1 aromatic rings. The fraction of sp³-hybridized carbons (Fsp3) is 0.789. The van der Waals surface area contributed by atoms with Crippen LogP contribution in [0.1, 0.15) is 57.6 Å². The Morgan fingerprint density at radius 3 is 2.38 bits per heavy atom. The molecule has 24 heavy (non-hydrogen) atoms. The molecule has 0 aromatic carbocycles. The Kier molecular flexibility index (Phi) is 4.14. The van der Waals surface area contributed by atoms with Gasteiger partial charge in [0, 0.05) is 6.04 Å². The Bertz CT molecular complexity index is 603. The molecule has 4 aliphatic rings. The number of nitrogens with one attached hydrogen (secondary N) is 1. The van der Waals surface area contributed by atoms with Crippen molar-refractivity contribution in [2.45, 2.75) is 71.4 Å². The number of nitrogens with zero attached hydrogens (tertiary/aromatic N) is 2. The summed E-state index contributed by atoms with van der Waals surface area (Å²) in [6.45, 7) is 4.39. The van der Waals surface area contributed by atoms with E-state index in [2.05, 4.69) is 17.3 Å². The van der Waals surface area contributed by atoms with E-state index in [0.717, 1.165) is 29.9 Å². The Hall–Kier alpha value is -1.03. The van der Waals surface area contributed by atoms with Crippen molar-refractivity contribution in [1.82, 2.24) is 15.1 Å². The summed E-state index contributed by atoms with van der Waals surface area (Å²) >= 11 is 6.04. The van der Waals surface area contributed by atoms with Gasteiger partial charge in [0.05, 0.1) is 16.9 Å². The lowest BCUT2D eigenvalue weighted by Crippen LogP contribution is -2.57. The van der Waals surface area contributed by atoms with Crippen molar-refractivity contribution in [3.8, 4) is 0 Å². The van der Waals surface area contributed by atoms with E-state index in [1.54, 1.807) is 10.9 Å². The third-order valence-electron chi connectivity index (χ3n) is 6.90. The first-order valence-corrected chi connectivity index (χ1v) is 9.84. The van der Waals surface area contributed by atoms with Crippen molar-refractivity contribution in [2.75, 3.05) is 0 Å². The maximum Gasteiger partial charge on any atom is 0.241 e. The minimum absolute atomic E-state index is 0.0699. The zero-order valence-corrected chi connectivity index (χ0v) is 15.5. The van der Waals surface area contributed by atoms with E-state index in [1.165, 1.54) is 38.5 Å². The molecular formula is C19H28ClN3O. The average molecular weight is 350 g/mol. The van der Waals surface area contributed by atoms with Gasteiger partial charge in [0.2, 0.25) is 5.91 Å². The molecule has 4 bridgehead atoms. The predicted molar refractivity (Wildman–Crippen MR) is 94.8 cm³/mol. The Morgan fingerprint density at radius 2 is 1.92 bits per heavy atom. The van der Waals surface area contributed by atoms with Crippen LogP contribution in [0.15, 0.2) is 6.20 Å². The summed E-state index contributed by atoms with van der Waals surface area (Å²) < 4.78 is 1.70. The third-order valence-corrected chi connectivity index (χ3v) is 7.28. The van der Waals surface area contributed by atoms with Gasteiger partial charge >= 0.3 is 0 Å². The molecule has 1 aromatic heterocycles. The van der Waals surface area contributed by atoms with E-state index in [1.807, 2.05) is 6.92 Å². The fourth-order valence-electron chi connectivity index (χ4n) is 6.25.